The van der Waals surface area contributed by atoms with E-state index >= 15 is 0 Å². The van der Waals surface area contributed by atoms with Gasteiger partial charge in [0.05, 0.1) is 0 Å². The van der Waals surface area contributed by atoms with Crippen LogP contribution in [0.15, 0.2) is 24.4 Å². The molecule has 1 aromatic heterocycles. The summed E-state index contributed by atoms with van der Waals surface area (Å²) in [6.45, 7) is 0. The van der Waals surface area contributed by atoms with E-state index in [9.17, 15) is 9.59 Å². The Morgan fingerprint density at radius 3 is 2.67 bits per heavy atom. The Morgan fingerprint density at radius 2 is 2.11 bits per heavy atom. The fourth-order valence-corrected chi connectivity index (χ4v) is 1.88. The van der Waals surface area contributed by atoms with Crippen molar-refractivity contribution in [1.29, 1.82) is 0 Å². The zero-order chi connectivity index (χ0) is 13.1. The third kappa shape index (κ3) is 2.48. The number of carbonyl (C=O) groups is 2. The molecule has 0 radical (unpaired) electrons. The smallest absolute Gasteiger partial charge is 0.332 e. The van der Waals surface area contributed by atoms with Gasteiger partial charge in [0.2, 0.25) is 0 Å². The van der Waals surface area contributed by atoms with Crippen LogP contribution in [0.3, 0.4) is 0 Å². The summed E-state index contributed by atoms with van der Waals surface area (Å²) < 4.78 is 5.21. The molecule has 1 aliphatic heterocycles. The Bertz CT molecular complexity index is 449. The lowest BCUT2D eigenvalue weighted by Crippen LogP contribution is -2.37. The van der Waals surface area contributed by atoms with Crippen LogP contribution >= 0.6 is 0 Å². The molecule has 0 aromatic carbocycles. The number of ether oxygens (including phenoxy) is 1. The Balaban J connectivity index is 2.02. The van der Waals surface area contributed by atoms with Crippen molar-refractivity contribution in [1.82, 2.24) is 4.98 Å². The van der Waals surface area contributed by atoms with Crippen molar-refractivity contribution in [2.75, 3.05) is 11.9 Å². The van der Waals surface area contributed by atoms with Crippen LogP contribution in [0.2, 0.25) is 0 Å². The molecule has 1 amide bonds. The van der Waals surface area contributed by atoms with Gasteiger partial charge in [0.15, 0.2) is 6.10 Å². The van der Waals surface area contributed by atoms with Gasteiger partial charge in [-0.05, 0) is 25.0 Å². The van der Waals surface area contributed by atoms with Gasteiger partial charge in [0.1, 0.15) is 11.9 Å². The summed E-state index contributed by atoms with van der Waals surface area (Å²) in [6.07, 6.45) is 0.804. The SMILES string of the molecule is CN(C(=O)[C@@H]1CC[C@H](C(=O)O)O1)c1ccccn1. The molecule has 96 valence electrons. The van der Waals surface area contributed by atoms with Gasteiger partial charge in [0.25, 0.3) is 5.91 Å². The maximum absolute atomic E-state index is 12.1. The molecule has 6 nitrogen and oxygen atoms in total. The van der Waals surface area contributed by atoms with Crippen LogP contribution in [-0.2, 0) is 14.3 Å². The second kappa shape index (κ2) is 5.14. The maximum atomic E-state index is 12.1. The Kier molecular flexibility index (Phi) is 3.57. The largest absolute Gasteiger partial charge is 0.479 e. The fourth-order valence-electron chi connectivity index (χ4n) is 1.88. The number of likely N-dealkylation sites (N-methyl/N-ethyl adjacent to an activating group) is 1. The van der Waals surface area contributed by atoms with Crippen LogP contribution in [-0.4, -0.2) is 41.2 Å². The first kappa shape index (κ1) is 12.5. The number of hydrogen-bond acceptors (Lipinski definition) is 4. The highest BCUT2D eigenvalue weighted by molar-refractivity contribution is 5.95. The first-order chi connectivity index (χ1) is 8.59. The summed E-state index contributed by atoms with van der Waals surface area (Å²) in [5.74, 6) is -0.770. The second-order valence-corrected chi connectivity index (χ2v) is 4.11. The van der Waals surface area contributed by atoms with E-state index in [0.29, 0.717) is 18.7 Å². The standard InChI is InChI=1S/C12H14N2O4/c1-14(10-4-2-3-7-13-10)11(15)8-5-6-9(18-8)12(16)17/h2-4,7-9H,5-6H2,1H3,(H,16,17)/t8-,9+/m0/s1. The topological polar surface area (TPSA) is 79.7 Å². The number of aliphatic carboxylic acids is 1. The van der Waals surface area contributed by atoms with Crippen LogP contribution < -0.4 is 4.90 Å². The van der Waals surface area contributed by atoms with E-state index in [-0.39, 0.29) is 5.91 Å². The van der Waals surface area contributed by atoms with Crippen LogP contribution in [0, 0.1) is 0 Å². The first-order valence-corrected chi connectivity index (χ1v) is 5.66. The lowest BCUT2D eigenvalue weighted by molar-refractivity contribution is -0.151. The van der Waals surface area contributed by atoms with Gasteiger partial charge >= 0.3 is 5.97 Å². The van der Waals surface area contributed by atoms with E-state index in [1.807, 2.05) is 0 Å². The highest BCUT2D eigenvalue weighted by atomic mass is 16.5. The maximum Gasteiger partial charge on any atom is 0.332 e. The lowest BCUT2D eigenvalue weighted by Gasteiger charge is -2.19. The molecule has 1 fully saturated rings. The summed E-state index contributed by atoms with van der Waals surface area (Å²) in [5, 5.41) is 8.81. The summed E-state index contributed by atoms with van der Waals surface area (Å²) in [5.41, 5.74) is 0. The van der Waals surface area contributed by atoms with Crippen molar-refractivity contribution in [2.45, 2.75) is 25.0 Å². The first-order valence-electron chi connectivity index (χ1n) is 5.66. The minimum absolute atomic E-state index is 0.266. The van der Waals surface area contributed by atoms with E-state index in [1.165, 1.54) is 4.90 Å². The summed E-state index contributed by atoms with van der Waals surface area (Å²) in [6, 6.07) is 5.25. The predicted octanol–water partition coefficient (Wildman–Crippen LogP) is 0.677. The number of carbonyl (C=O) groups excluding carboxylic acids is 1. The van der Waals surface area contributed by atoms with Gasteiger partial charge in [-0.2, -0.15) is 0 Å². The normalized spacial score (nSPS) is 22.7. The molecule has 2 rings (SSSR count). The molecule has 2 heterocycles. The molecular formula is C12H14N2O4. The van der Waals surface area contributed by atoms with Gasteiger partial charge in [0, 0.05) is 13.2 Å². The van der Waals surface area contributed by atoms with Gasteiger partial charge in [-0.1, -0.05) is 6.07 Å². The highest BCUT2D eigenvalue weighted by Gasteiger charge is 2.36. The average Bonchev–Trinajstić information content (AvgIpc) is 2.88. The quantitative estimate of drug-likeness (QED) is 0.853. The van der Waals surface area contributed by atoms with Crippen LogP contribution in [0.4, 0.5) is 5.82 Å². The number of aromatic nitrogens is 1. The zero-order valence-corrected chi connectivity index (χ0v) is 9.94. The van der Waals surface area contributed by atoms with Gasteiger partial charge < -0.3 is 9.84 Å². The number of pyridine rings is 1. The summed E-state index contributed by atoms with van der Waals surface area (Å²) in [4.78, 5) is 28.3. The number of nitrogens with zero attached hydrogens (tertiary/aromatic N) is 2. The van der Waals surface area contributed by atoms with Crippen molar-refractivity contribution in [2.24, 2.45) is 0 Å². The van der Waals surface area contributed by atoms with Crippen molar-refractivity contribution >= 4 is 17.7 Å². The molecule has 0 saturated carbocycles. The van der Waals surface area contributed by atoms with Crippen LogP contribution in [0.1, 0.15) is 12.8 Å². The summed E-state index contributed by atoms with van der Waals surface area (Å²) in [7, 11) is 1.60. The average molecular weight is 250 g/mol. The number of carboxylic acids is 1. The van der Waals surface area contributed by atoms with Gasteiger partial charge in [-0.15, -0.1) is 0 Å². The van der Waals surface area contributed by atoms with E-state index in [1.54, 1.807) is 31.4 Å². The molecule has 6 heteroatoms. The third-order valence-electron chi connectivity index (χ3n) is 2.89. The monoisotopic (exact) mass is 250 g/mol. The van der Waals surface area contributed by atoms with Crippen LogP contribution in [0.5, 0.6) is 0 Å². The van der Waals surface area contributed by atoms with Gasteiger partial charge in [-0.3, -0.25) is 9.69 Å². The predicted molar refractivity (Wildman–Crippen MR) is 63.2 cm³/mol. The second-order valence-electron chi connectivity index (χ2n) is 4.11. The summed E-state index contributed by atoms with van der Waals surface area (Å²) >= 11 is 0. The molecule has 0 unspecified atom stereocenters. The zero-order valence-electron chi connectivity index (χ0n) is 9.94. The Hall–Kier alpha value is -1.95. The number of amides is 1. The molecule has 1 N–H and O–H groups in total. The third-order valence-corrected chi connectivity index (χ3v) is 2.89. The molecule has 2 atom stereocenters. The molecular weight excluding hydrogens is 236 g/mol. The molecule has 0 aliphatic carbocycles. The molecule has 1 aromatic rings. The van der Waals surface area contributed by atoms with E-state index in [0.717, 1.165) is 0 Å². The minimum Gasteiger partial charge on any atom is -0.479 e. The van der Waals surface area contributed by atoms with Crippen LogP contribution in [0.25, 0.3) is 0 Å². The molecule has 18 heavy (non-hydrogen) atoms. The molecule has 0 bridgehead atoms. The number of hydrogen-bond donors (Lipinski definition) is 1. The molecule has 0 spiro atoms. The number of anilines is 1. The number of carboxylic acid groups (broad SMARTS) is 1. The van der Waals surface area contributed by atoms with Crippen molar-refractivity contribution < 1.29 is 19.4 Å². The fraction of sp³-hybridized carbons (Fsp3) is 0.417. The minimum atomic E-state index is -1.02. The van der Waals surface area contributed by atoms with Crippen molar-refractivity contribution in [3.05, 3.63) is 24.4 Å². The lowest BCUT2D eigenvalue weighted by atomic mass is 10.2. The Labute approximate surface area is 104 Å². The molecule has 1 aliphatic rings. The Morgan fingerprint density at radius 1 is 1.39 bits per heavy atom. The highest BCUT2D eigenvalue weighted by Crippen LogP contribution is 2.22. The molecule has 1 saturated heterocycles. The van der Waals surface area contributed by atoms with Crippen molar-refractivity contribution in [3.63, 3.8) is 0 Å². The van der Waals surface area contributed by atoms with Crippen molar-refractivity contribution in [3.8, 4) is 0 Å². The van der Waals surface area contributed by atoms with E-state index in [2.05, 4.69) is 4.98 Å². The van der Waals surface area contributed by atoms with E-state index < -0.39 is 18.2 Å². The number of rotatable bonds is 3. The van der Waals surface area contributed by atoms with E-state index in [4.69, 9.17) is 9.84 Å². The van der Waals surface area contributed by atoms with Gasteiger partial charge in [-0.25, -0.2) is 9.78 Å².